The van der Waals surface area contributed by atoms with E-state index in [2.05, 4.69) is 39.4 Å². The second-order valence-electron chi connectivity index (χ2n) is 7.36. The van der Waals surface area contributed by atoms with Crippen molar-refractivity contribution < 1.29 is 4.79 Å². The number of nitrogens with two attached hydrogens (primary N) is 1. The first-order valence-corrected chi connectivity index (χ1v) is 10.9. The summed E-state index contributed by atoms with van der Waals surface area (Å²) in [6.45, 7) is 4.50. The van der Waals surface area contributed by atoms with Crippen LogP contribution in [0.15, 0.2) is 30.3 Å². The molecule has 0 bridgehead atoms. The van der Waals surface area contributed by atoms with E-state index < -0.39 is 0 Å². The summed E-state index contributed by atoms with van der Waals surface area (Å²) in [7, 11) is 0. The highest BCUT2D eigenvalue weighted by Gasteiger charge is 2.27. The number of thioether (sulfide) groups is 1. The Bertz CT molecular complexity index is 788. The van der Waals surface area contributed by atoms with Gasteiger partial charge >= 0.3 is 0 Å². The number of anilines is 3. The number of aromatic nitrogens is 3. The van der Waals surface area contributed by atoms with E-state index >= 15 is 0 Å². The van der Waals surface area contributed by atoms with Gasteiger partial charge in [0.25, 0.3) is 0 Å². The average molecular weight is 401 g/mol. The minimum Gasteiger partial charge on any atom is -0.368 e. The lowest BCUT2D eigenvalue weighted by molar-refractivity contribution is -0.119. The van der Waals surface area contributed by atoms with Gasteiger partial charge < -0.3 is 16.4 Å². The molecule has 8 heteroatoms. The molecule has 1 heterocycles. The predicted molar refractivity (Wildman–Crippen MR) is 114 cm³/mol. The number of carbonyl (C=O) groups excluding carboxylic acids is 1. The number of rotatable bonds is 7. The van der Waals surface area contributed by atoms with Gasteiger partial charge in [0, 0.05) is 11.7 Å². The van der Waals surface area contributed by atoms with E-state index in [0.717, 1.165) is 12.1 Å². The first kappa shape index (κ1) is 20.4. The molecule has 1 fully saturated rings. The van der Waals surface area contributed by atoms with Gasteiger partial charge in [0.05, 0.1) is 11.5 Å². The first-order chi connectivity index (χ1) is 13.5. The van der Waals surface area contributed by atoms with Crippen LogP contribution in [0.2, 0.25) is 0 Å². The number of hydrogen-bond donors (Lipinski definition) is 3. The summed E-state index contributed by atoms with van der Waals surface area (Å²) in [6, 6.07) is 9.92. The molecule has 1 saturated carbocycles. The Kier molecular flexibility index (Phi) is 7.08. The van der Waals surface area contributed by atoms with Crippen LogP contribution in [-0.4, -0.2) is 32.7 Å². The smallest absolute Gasteiger partial charge is 0.232 e. The lowest BCUT2D eigenvalue weighted by atomic mass is 9.78. The number of carbonyl (C=O) groups is 1. The van der Waals surface area contributed by atoms with Crippen LogP contribution < -0.4 is 16.4 Å². The molecule has 1 aromatic heterocycles. The Morgan fingerprint density at radius 2 is 1.96 bits per heavy atom. The van der Waals surface area contributed by atoms with E-state index in [0.29, 0.717) is 35.1 Å². The molecule has 7 nitrogen and oxygen atoms in total. The fraction of sp³-hybridized carbons (Fsp3) is 0.500. The quantitative estimate of drug-likeness (QED) is 0.654. The van der Waals surface area contributed by atoms with Gasteiger partial charge in [-0.3, -0.25) is 4.79 Å². The number of nitrogen functional groups attached to an aromatic ring is 1. The third kappa shape index (κ3) is 5.82. The van der Waals surface area contributed by atoms with Crippen molar-refractivity contribution in [1.29, 1.82) is 0 Å². The number of nitrogens with zero attached hydrogens (tertiary/aromatic N) is 3. The van der Waals surface area contributed by atoms with Crippen molar-refractivity contribution in [3.8, 4) is 0 Å². The second-order valence-corrected chi connectivity index (χ2v) is 8.34. The molecule has 0 aliphatic heterocycles. The molecule has 4 N–H and O–H groups in total. The van der Waals surface area contributed by atoms with E-state index in [9.17, 15) is 4.79 Å². The second kappa shape index (κ2) is 9.73. The molecule has 0 saturated heterocycles. The van der Waals surface area contributed by atoms with Crippen molar-refractivity contribution in [2.45, 2.75) is 44.9 Å². The van der Waals surface area contributed by atoms with Crippen molar-refractivity contribution >= 4 is 35.3 Å². The molecule has 1 aliphatic rings. The van der Waals surface area contributed by atoms with Crippen LogP contribution in [0.4, 0.5) is 17.6 Å². The van der Waals surface area contributed by atoms with Crippen LogP contribution in [0.25, 0.3) is 0 Å². The van der Waals surface area contributed by atoms with E-state index in [-0.39, 0.29) is 17.9 Å². The van der Waals surface area contributed by atoms with Gasteiger partial charge in [0.2, 0.25) is 17.8 Å². The third-order valence-electron chi connectivity index (χ3n) is 5.25. The van der Waals surface area contributed by atoms with Crippen LogP contribution in [0, 0.1) is 11.8 Å². The molecule has 1 aromatic carbocycles. The van der Waals surface area contributed by atoms with E-state index in [1.165, 1.54) is 24.6 Å². The monoisotopic (exact) mass is 400 g/mol. The van der Waals surface area contributed by atoms with Gasteiger partial charge in [-0.05, 0) is 30.4 Å². The van der Waals surface area contributed by atoms with Crippen molar-refractivity contribution in [3.05, 3.63) is 36.2 Å². The van der Waals surface area contributed by atoms with Gasteiger partial charge in [0.15, 0.2) is 0 Å². The Balaban J connectivity index is 1.49. The highest BCUT2D eigenvalue weighted by Crippen LogP contribution is 2.29. The summed E-state index contributed by atoms with van der Waals surface area (Å²) in [6.07, 6.45) is 3.51. The first-order valence-electron chi connectivity index (χ1n) is 9.71. The molecule has 0 unspecified atom stereocenters. The molecule has 3 atom stereocenters. The number of para-hydroxylation sites is 1. The van der Waals surface area contributed by atoms with Crippen molar-refractivity contribution in [3.63, 3.8) is 0 Å². The zero-order chi connectivity index (χ0) is 19.9. The molecule has 0 spiro atoms. The van der Waals surface area contributed by atoms with Gasteiger partial charge in [0.1, 0.15) is 5.82 Å². The largest absolute Gasteiger partial charge is 0.368 e. The highest BCUT2D eigenvalue weighted by molar-refractivity contribution is 7.99. The molecule has 1 amide bonds. The van der Waals surface area contributed by atoms with Crippen LogP contribution >= 0.6 is 11.8 Å². The molecule has 150 valence electrons. The number of hydrogen-bond acceptors (Lipinski definition) is 7. The summed E-state index contributed by atoms with van der Waals surface area (Å²) < 4.78 is 0. The SMILES string of the molecule is C[C@@H]1[C@@H](C)CCC[C@H]1NC(=O)CSCc1nc(N)nc(Nc2ccccc2)n1. The molecule has 1 aliphatic carbocycles. The number of benzene rings is 1. The Morgan fingerprint density at radius 3 is 2.75 bits per heavy atom. The van der Waals surface area contributed by atoms with Gasteiger partial charge in [-0.15, -0.1) is 11.8 Å². The summed E-state index contributed by atoms with van der Waals surface area (Å²) in [5, 5.41) is 6.31. The van der Waals surface area contributed by atoms with Crippen LogP contribution in [-0.2, 0) is 10.5 Å². The van der Waals surface area contributed by atoms with Crippen molar-refractivity contribution in [1.82, 2.24) is 20.3 Å². The zero-order valence-electron chi connectivity index (χ0n) is 16.4. The van der Waals surface area contributed by atoms with Gasteiger partial charge in [-0.1, -0.05) is 44.9 Å². The highest BCUT2D eigenvalue weighted by atomic mass is 32.2. The van der Waals surface area contributed by atoms with Crippen LogP contribution in [0.3, 0.4) is 0 Å². The molecule has 2 aromatic rings. The molecule has 0 radical (unpaired) electrons. The third-order valence-corrected chi connectivity index (χ3v) is 6.18. The maximum absolute atomic E-state index is 12.3. The zero-order valence-corrected chi connectivity index (χ0v) is 17.2. The Labute approximate surface area is 170 Å². The molecule has 28 heavy (non-hydrogen) atoms. The number of nitrogens with one attached hydrogen (secondary N) is 2. The van der Waals surface area contributed by atoms with E-state index in [1.807, 2.05) is 30.3 Å². The van der Waals surface area contributed by atoms with Crippen LogP contribution in [0.5, 0.6) is 0 Å². The lowest BCUT2D eigenvalue weighted by Gasteiger charge is -2.34. The molecular formula is C20H28N6OS. The summed E-state index contributed by atoms with van der Waals surface area (Å²) in [5.74, 6) is 3.27. The molecule has 3 rings (SSSR count). The minimum absolute atomic E-state index is 0.0700. The number of amides is 1. The Hall–Kier alpha value is -2.35. The normalized spacial score (nSPS) is 21.9. The minimum atomic E-state index is 0.0700. The van der Waals surface area contributed by atoms with Gasteiger partial charge in [-0.2, -0.15) is 15.0 Å². The molecular weight excluding hydrogens is 372 g/mol. The van der Waals surface area contributed by atoms with E-state index in [1.54, 1.807) is 0 Å². The maximum Gasteiger partial charge on any atom is 0.232 e. The maximum atomic E-state index is 12.3. The van der Waals surface area contributed by atoms with Crippen molar-refractivity contribution in [2.75, 3.05) is 16.8 Å². The lowest BCUT2D eigenvalue weighted by Crippen LogP contribution is -2.44. The Morgan fingerprint density at radius 1 is 1.18 bits per heavy atom. The fourth-order valence-electron chi connectivity index (χ4n) is 3.48. The van der Waals surface area contributed by atoms with E-state index in [4.69, 9.17) is 5.73 Å². The topological polar surface area (TPSA) is 106 Å². The average Bonchev–Trinajstić information content (AvgIpc) is 2.66. The van der Waals surface area contributed by atoms with Crippen molar-refractivity contribution in [2.24, 2.45) is 11.8 Å². The standard InChI is InChI=1S/C20H28N6OS/c1-13-7-6-10-16(14(13)2)23-18(27)12-28-11-17-24-19(21)26-20(25-17)22-15-8-4-3-5-9-15/h3-5,8-9,13-14,16H,6-7,10-12H2,1-2H3,(H,23,27)(H3,21,22,24,25,26)/t13-,14+,16+/m0/s1. The fourth-order valence-corrected chi connectivity index (χ4v) is 4.16. The van der Waals surface area contributed by atoms with Gasteiger partial charge in [-0.25, -0.2) is 0 Å². The predicted octanol–water partition coefficient (Wildman–Crippen LogP) is 3.37. The summed E-state index contributed by atoms with van der Waals surface area (Å²) >= 11 is 1.48. The summed E-state index contributed by atoms with van der Waals surface area (Å²) in [5.41, 5.74) is 6.68. The van der Waals surface area contributed by atoms with Crippen LogP contribution in [0.1, 0.15) is 38.9 Å². The summed E-state index contributed by atoms with van der Waals surface area (Å²) in [4.78, 5) is 25.0.